The van der Waals surface area contributed by atoms with Crippen LogP contribution < -0.4 is 4.74 Å². The highest BCUT2D eigenvalue weighted by molar-refractivity contribution is 6.29. The molecule has 60 valence electrons. The van der Waals surface area contributed by atoms with Crippen molar-refractivity contribution in [2.24, 2.45) is 4.99 Å². The first-order valence-corrected chi connectivity index (χ1v) is 3.65. The molecule has 0 saturated carbocycles. The lowest BCUT2D eigenvalue weighted by Crippen LogP contribution is -2.09. The zero-order chi connectivity index (χ0) is 8.39. The van der Waals surface area contributed by atoms with Gasteiger partial charge < -0.3 is 4.74 Å². The van der Waals surface area contributed by atoms with Crippen LogP contribution in [-0.2, 0) is 4.79 Å². The molecule has 1 aromatic rings. The van der Waals surface area contributed by atoms with Crippen LogP contribution in [0.4, 0.5) is 5.69 Å². The number of Topliss-reactive ketones (excluding diaryl/α,β-unsaturated/α-hetero) is 1. The molecule has 0 N–H and O–H groups in total. The first-order chi connectivity index (χ1) is 5.86. The van der Waals surface area contributed by atoms with Gasteiger partial charge in [-0.2, -0.15) is 0 Å². The minimum Gasteiger partial charge on any atom is -0.483 e. The van der Waals surface area contributed by atoms with Crippen molar-refractivity contribution in [2.45, 2.75) is 0 Å². The summed E-state index contributed by atoms with van der Waals surface area (Å²) in [6, 6.07) is 7.31. The number of nitrogens with zero attached hydrogens (tertiary/aromatic N) is 1. The number of para-hydroxylation sites is 2. The Bertz CT molecular complexity index is 344. The number of hydrogen-bond donors (Lipinski definition) is 0. The average Bonchev–Trinajstić information content (AvgIpc) is 2.29. The van der Waals surface area contributed by atoms with E-state index in [2.05, 4.69) is 4.99 Å². The van der Waals surface area contributed by atoms with Crippen molar-refractivity contribution in [3.63, 3.8) is 0 Å². The standard InChI is InChI=1S/C9H7NO2/c11-7-5-10-8-3-1-2-4-9(8)12-6-7/h1-5H,6H2. The van der Waals surface area contributed by atoms with E-state index in [1.807, 2.05) is 18.2 Å². The molecule has 0 aromatic heterocycles. The Morgan fingerprint density at radius 1 is 1.33 bits per heavy atom. The third-order valence-corrected chi connectivity index (χ3v) is 1.58. The van der Waals surface area contributed by atoms with Crippen molar-refractivity contribution < 1.29 is 9.53 Å². The Balaban J connectivity index is 2.45. The van der Waals surface area contributed by atoms with Crippen LogP contribution >= 0.6 is 0 Å². The van der Waals surface area contributed by atoms with Crippen molar-refractivity contribution in [2.75, 3.05) is 6.61 Å². The summed E-state index contributed by atoms with van der Waals surface area (Å²) in [6.45, 7) is 0.0838. The smallest absolute Gasteiger partial charge is 0.211 e. The van der Waals surface area contributed by atoms with Crippen LogP contribution in [0.2, 0.25) is 0 Å². The molecule has 0 amide bonds. The van der Waals surface area contributed by atoms with Gasteiger partial charge in [-0.3, -0.25) is 4.79 Å². The molecule has 0 radical (unpaired) electrons. The number of aliphatic imine (C=N–C) groups is 1. The molecular weight excluding hydrogens is 154 g/mol. The molecule has 0 atom stereocenters. The minimum absolute atomic E-state index is 0.0838. The maximum absolute atomic E-state index is 10.9. The number of ketones is 1. The summed E-state index contributed by atoms with van der Waals surface area (Å²) in [5, 5.41) is 0. The third-order valence-electron chi connectivity index (χ3n) is 1.58. The van der Waals surface area contributed by atoms with E-state index in [1.54, 1.807) is 6.07 Å². The molecule has 3 heteroatoms. The predicted octanol–water partition coefficient (Wildman–Crippen LogP) is 1.35. The molecule has 0 unspecified atom stereocenters. The Labute approximate surface area is 69.7 Å². The molecule has 0 fully saturated rings. The monoisotopic (exact) mass is 161 g/mol. The molecule has 0 saturated heterocycles. The van der Waals surface area contributed by atoms with Gasteiger partial charge in [0.05, 0.1) is 6.21 Å². The quantitative estimate of drug-likeness (QED) is 0.576. The van der Waals surface area contributed by atoms with E-state index in [9.17, 15) is 4.79 Å². The topological polar surface area (TPSA) is 38.7 Å². The zero-order valence-corrected chi connectivity index (χ0v) is 6.36. The van der Waals surface area contributed by atoms with Gasteiger partial charge in [0, 0.05) is 0 Å². The molecule has 0 bridgehead atoms. The second-order valence-electron chi connectivity index (χ2n) is 2.48. The summed E-state index contributed by atoms with van der Waals surface area (Å²) < 4.78 is 5.19. The number of fused-ring (bicyclic) bond motifs is 1. The molecular formula is C9H7NO2. The van der Waals surface area contributed by atoms with Crippen LogP contribution in [0, 0.1) is 0 Å². The van der Waals surface area contributed by atoms with Gasteiger partial charge in [-0.05, 0) is 12.1 Å². The predicted molar refractivity (Wildman–Crippen MR) is 45.1 cm³/mol. The van der Waals surface area contributed by atoms with E-state index in [1.165, 1.54) is 6.21 Å². The molecule has 1 aromatic carbocycles. The number of hydrogen-bond acceptors (Lipinski definition) is 3. The highest BCUT2D eigenvalue weighted by atomic mass is 16.5. The van der Waals surface area contributed by atoms with E-state index >= 15 is 0 Å². The first-order valence-electron chi connectivity index (χ1n) is 3.65. The van der Waals surface area contributed by atoms with Crippen LogP contribution in [0.5, 0.6) is 5.75 Å². The summed E-state index contributed by atoms with van der Waals surface area (Å²) in [6.07, 6.45) is 1.30. The Morgan fingerprint density at radius 2 is 2.17 bits per heavy atom. The van der Waals surface area contributed by atoms with E-state index < -0.39 is 0 Å². The molecule has 1 aliphatic rings. The SMILES string of the molecule is O=C1C=Nc2ccccc2OC1. The minimum atomic E-state index is -0.105. The maximum Gasteiger partial charge on any atom is 0.211 e. The van der Waals surface area contributed by atoms with Crippen molar-refractivity contribution in [1.29, 1.82) is 0 Å². The first kappa shape index (κ1) is 7.03. The highest BCUT2D eigenvalue weighted by Gasteiger charge is 2.08. The largest absolute Gasteiger partial charge is 0.483 e. The summed E-state index contributed by atoms with van der Waals surface area (Å²) in [7, 11) is 0. The fraction of sp³-hybridized carbons (Fsp3) is 0.111. The molecule has 1 heterocycles. The number of carbonyl (C=O) groups is 1. The molecule has 0 aliphatic carbocycles. The van der Waals surface area contributed by atoms with Crippen molar-refractivity contribution in [3.8, 4) is 5.75 Å². The van der Waals surface area contributed by atoms with Gasteiger partial charge in [-0.25, -0.2) is 4.99 Å². The lowest BCUT2D eigenvalue weighted by molar-refractivity contribution is -0.114. The van der Waals surface area contributed by atoms with Gasteiger partial charge in [0.2, 0.25) is 5.78 Å². The van der Waals surface area contributed by atoms with Gasteiger partial charge >= 0.3 is 0 Å². The van der Waals surface area contributed by atoms with Crippen LogP contribution in [0.3, 0.4) is 0 Å². The van der Waals surface area contributed by atoms with Gasteiger partial charge in [-0.15, -0.1) is 0 Å². The van der Waals surface area contributed by atoms with E-state index in [0.29, 0.717) is 11.4 Å². The Kier molecular flexibility index (Phi) is 1.63. The van der Waals surface area contributed by atoms with Crippen LogP contribution in [0.15, 0.2) is 29.3 Å². The number of rotatable bonds is 0. The average molecular weight is 161 g/mol. The maximum atomic E-state index is 10.9. The van der Waals surface area contributed by atoms with Crippen LogP contribution in [0.25, 0.3) is 0 Å². The van der Waals surface area contributed by atoms with E-state index in [0.717, 1.165) is 0 Å². The Morgan fingerprint density at radius 3 is 3.08 bits per heavy atom. The van der Waals surface area contributed by atoms with Crippen LogP contribution in [-0.4, -0.2) is 18.6 Å². The van der Waals surface area contributed by atoms with Gasteiger partial charge in [0.15, 0.2) is 6.61 Å². The molecule has 12 heavy (non-hydrogen) atoms. The lowest BCUT2D eigenvalue weighted by Gasteiger charge is -2.02. The number of benzene rings is 1. The van der Waals surface area contributed by atoms with E-state index in [-0.39, 0.29) is 12.4 Å². The summed E-state index contributed by atoms with van der Waals surface area (Å²) in [4.78, 5) is 14.8. The van der Waals surface area contributed by atoms with Gasteiger partial charge in [0.25, 0.3) is 0 Å². The molecule has 1 aliphatic heterocycles. The summed E-state index contributed by atoms with van der Waals surface area (Å²) >= 11 is 0. The normalized spacial score (nSPS) is 14.8. The van der Waals surface area contributed by atoms with E-state index in [4.69, 9.17) is 4.74 Å². The van der Waals surface area contributed by atoms with Gasteiger partial charge in [-0.1, -0.05) is 12.1 Å². The van der Waals surface area contributed by atoms with Crippen molar-refractivity contribution in [3.05, 3.63) is 24.3 Å². The second kappa shape index (κ2) is 2.77. The molecule has 0 spiro atoms. The lowest BCUT2D eigenvalue weighted by atomic mass is 10.3. The summed E-state index contributed by atoms with van der Waals surface area (Å²) in [5.74, 6) is 0.561. The zero-order valence-electron chi connectivity index (χ0n) is 6.36. The molecule has 2 rings (SSSR count). The summed E-state index contributed by atoms with van der Waals surface area (Å²) in [5.41, 5.74) is 0.711. The van der Waals surface area contributed by atoms with Crippen LogP contribution in [0.1, 0.15) is 0 Å². The highest BCUT2D eigenvalue weighted by Crippen LogP contribution is 2.27. The number of carbonyl (C=O) groups excluding carboxylic acids is 1. The third kappa shape index (κ3) is 1.21. The fourth-order valence-corrected chi connectivity index (χ4v) is 1.01. The van der Waals surface area contributed by atoms with Crippen molar-refractivity contribution >= 4 is 17.7 Å². The molecule has 3 nitrogen and oxygen atoms in total. The van der Waals surface area contributed by atoms with Gasteiger partial charge in [0.1, 0.15) is 11.4 Å². The Hall–Kier alpha value is -1.64. The van der Waals surface area contributed by atoms with Crippen molar-refractivity contribution in [1.82, 2.24) is 0 Å². The second-order valence-corrected chi connectivity index (χ2v) is 2.48. The fourth-order valence-electron chi connectivity index (χ4n) is 1.01. The number of ether oxygens (including phenoxy) is 1.